The van der Waals surface area contributed by atoms with E-state index in [1.807, 2.05) is 30.3 Å². The Labute approximate surface area is 182 Å². The van der Waals surface area contributed by atoms with Crippen LogP contribution in [0.3, 0.4) is 0 Å². The van der Waals surface area contributed by atoms with E-state index in [1.165, 1.54) is 35.9 Å². The Morgan fingerprint density at radius 2 is 1.93 bits per heavy atom. The average molecular weight is 446 g/mol. The molecule has 1 aromatic heterocycles. The first kappa shape index (κ1) is 20.8. The van der Waals surface area contributed by atoms with Gasteiger partial charge in [-0.3, -0.25) is 14.4 Å². The molecule has 158 valence electrons. The molecule has 1 saturated heterocycles. The van der Waals surface area contributed by atoms with Crippen molar-refractivity contribution in [2.75, 3.05) is 22.5 Å². The summed E-state index contributed by atoms with van der Waals surface area (Å²) in [6.07, 6.45) is 4.62. The molecule has 1 saturated carbocycles. The molecule has 0 unspecified atom stereocenters. The number of aromatic nitrogens is 2. The molecule has 2 heterocycles. The first-order valence-electron chi connectivity index (χ1n) is 10.0. The van der Waals surface area contributed by atoms with E-state index in [0.717, 1.165) is 18.5 Å². The molecular formula is C20H23N5O3S2. The van der Waals surface area contributed by atoms with Crippen molar-refractivity contribution in [3.63, 3.8) is 0 Å². The van der Waals surface area contributed by atoms with Crippen LogP contribution in [0.25, 0.3) is 0 Å². The molecule has 0 radical (unpaired) electrons. The number of anilines is 2. The van der Waals surface area contributed by atoms with Gasteiger partial charge in [0, 0.05) is 24.7 Å². The van der Waals surface area contributed by atoms with Gasteiger partial charge >= 0.3 is 0 Å². The second kappa shape index (κ2) is 9.57. The SMILES string of the molecule is O=C(CSc1nnc(NC(=O)[C@H]2CC(=O)N(c3ccccc3)C2)s1)NC1CCCC1. The van der Waals surface area contributed by atoms with Crippen molar-refractivity contribution in [2.24, 2.45) is 5.92 Å². The van der Waals surface area contributed by atoms with Crippen LogP contribution >= 0.6 is 23.1 Å². The highest BCUT2D eigenvalue weighted by Gasteiger charge is 2.35. The van der Waals surface area contributed by atoms with Gasteiger partial charge in [-0.25, -0.2) is 0 Å². The number of carbonyl (C=O) groups excluding carboxylic acids is 3. The summed E-state index contributed by atoms with van der Waals surface area (Å²) in [5.41, 5.74) is 0.795. The standard InChI is InChI=1S/C20H23N5O3S2/c26-16(21-14-6-4-5-7-14)12-29-20-24-23-19(30-20)22-18(28)13-10-17(27)25(11-13)15-8-2-1-3-9-15/h1-3,8-9,13-14H,4-7,10-12H2,(H,21,26)(H,22,23,28)/t13-/m0/s1. The summed E-state index contributed by atoms with van der Waals surface area (Å²) in [6, 6.07) is 9.63. The maximum atomic E-state index is 12.6. The van der Waals surface area contributed by atoms with Crippen molar-refractivity contribution in [2.45, 2.75) is 42.5 Å². The van der Waals surface area contributed by atoms with Crippen LogP contribution in [0.2, 0.25) is 0 Å². The minimum atomic E-state index is -0.435. The number of nitrogens with one attached hydrogen (secondary N) is 2. The van der Waals surface area contributed by atoms with Crippen molar-refractivity contribution in [1.29, 1.82) is 0 Å². The van der Waals surface area contributed by atoms with Crippen LogP contribution in [-0.2, 0) is 14.4 Å². The van der Waals surface area contributed by atoms with Crippen LogP contribution < -0.4 is 15.5 Å². The van der Waals surface area contributed by atoms with E-state index in [1.54, 1.807) is 4.90 Å². The normalized spacial score (nSPS) is 19.3. The van der Waals surface area contributed by atoms with Crippen LogP contribution in [0.5, 0.6) is 0 Å². The van der Waals surface area contributed by atoms with Crippen molar-refractivity contribution >= 4 is 51.6 Å². The van der Waals surface area contributed by atoms with Gasteiger partial charge in [0.2, 0.25) is 22.9 Å². The van der Waals surface area contributed by atoms with Crippen molar-refractivity contribution < 1.29 is 14.4 Å². The van der Waals surface area contributed by atoms with Crippen molar-refractivity contribution in [3.05, 3.63) is 30.3 Å². The predicted molar refractivity (Wildman–Crippen MR) is 117 cm³/mol. The monoisotopic (exact) mass is 445 g/mol. The molecule has 1 aliphatic carbocycles. The summed E-state index contributed by atoms with van der Waals surface area (Å²) in [7, 11) is 0. The second-order valence-electron chi connectivity index (χ2n) is 7.44. The van der Waals surface area contributed by atoms with E-state index in [-0.39, 0.29) is 29.9 Å². The number of benzene rings is 1. The van der Waals surface area contributed by atoms with Crippen molar-refractivity contribution in [1.82, 2.24) is 15.5 Å². The Kier molecular flexibility index (Phi) is 6.63. The zero-order chi connectivity index (χ0) is 20.9. The molecule has 3 amide bonds. The molecule has 10 heteroatoms. The molecule has 1 aliphatic heterocycles. The third kappa shape index (κ3) is 5.17. The summed E-state index contributed by atoms with van der Waals surface area (Å²) in [5, 5.41) is 14.2. The zero-order valence-corrected chi connectivity index (χ0v) is 18.0. The number of thioether (sulfide) groups is 1. The number of hydrogen-bond donors (Lipinski definition) is 2. The van der Waals surface area contributed by atoms with Gasteiger partial charge in [0.25, 0.3) is 0 Å². The number of carbonyl (C=O) groups is 3. The van der Waals surface area contributed by atoms with Gasteiger partial charge in [0.1, 0.15) is 0 Å². The first-order valence-corrected chi connectivity index (χ1v) is 11.8. The molecule has 4 rings (SSSR count). The average Bonchev–Trinajstić information content (AvgIpc) is 3.49. The Morgan fingerprint density at radius 1 is 1.17 bits per heavy atom. The van der Waals surface area contributed by atoms with E-state index in [4.69, 9.17) is 0 Å². The number of amides is 3. The maximum absolute atomic E-state index is 12.6. The molecule has 1 atom stereocenters. The molecular weight excluding hydrogens is 422 g/mol. The lowest BCUT2D eigenvalue weighted by molar-refractivity contribution is -0.122. The highest BCUT2D eigenvalue weighted by molar-refractivity contribution is 8.01. The van der Waals surface area contributed by atoms with Gasteiger partial charge in [-0.05, 0) is 25.0 Å². The number of nitrogens with zero attached hydrogens (tertiary/aromatic N) is 3. The smallest absolute Gasteiger partial charge is 0.231 e. The summed E-state index contributed by atoms with van der Waals surface area (Å²) < 4.78 is 0.625. The summed E-state index contributed by atoms with van der Waals surface area (Å²) in [4.78, 5) is 38.5. The molecule has 2 aromatic rings. The summed E-state index contributed by atoms with van der Waals surface area (Å²) >= 11 is 2.54. The van der Waals surface area contributed by atoms with E-state index < -0.39 is 5.92 Å². The Balaban J connectivity index is 1.26. The molecule has 2 fully saturated rings. The fraction of sp³-hybridized carbons (Fsp3) is 0.450. The molecule has 1 aromatic carbocycles. The first-order chi connectivity index (χ1) is 14.6. The maximum Gasteiger partial charge on any atom is 0.231 e. The molecule has 2 N–H and O–H groups in total. The highest BCUT2D eigenvalue weighted by atomic mass is 32.2. The predicted octanol–water partition coefficient (Wildman–Crippen LogP) is 2.68. The molecule has 0 bridgehead atoms. The van der Waals surface area contributed by atoms with E-state index >= 15 is 0 Å². The van der Waals surface area contributed by atoms with Crippen LogP contribution in [0.1, 0.15) is 32.1 Å². The fourth-order valence-electron chi connectivity index (χ4n) is 3.73. The van der Waals surface area contributed by atoms with Gasteiger partial charge in [-0.15, -0.1) is 10.2 Å². The van der Waals surface area contributed by atoms with Gasteiger partial charge in [0.05, 0.1) is 11.7 Å². The molecule has 30 heavy (non-hydrogen) atoms. The number of hydrogen-bond acceptors (Lipinski definition) is 7. The van der Waals surface area contributed by atoms with E-state index in [2.05, 4.69) is 20.8 Å². The lowest BCUT2D eigenvalue weighted by Gasteiger charge is -2.16. The summed E-state index contributed by atoms with van der Waals surface area (Å²) in [6.45, 7) is 0.344. The van der Waals surface area contributed by atoms with Gasteiger partial charge in [-0.1, -0.05) is 54.1 Å². The highest BCUT2D eigenvalue weighted by Crippen LogP contribution is 2.28. The molecule has 8 nitrogen and oxygen atoms in total. The van der Waals surface area contributed by atoms with Crippen LogP contribution in [0.15, 0.2) is 34.7 Å². The molecule has 0 spiro atoms. The van der Waals surface area contributed by atoms with Gasteiger partial charge in [-0.2, -0.15) is 0 Å². The lowest BCUT2D eigenvalue weighted by atomic mass is 10.1. The summed E-state index contributed by atoms with van der Waals surface area (Å²) in [5.74, 6) is -0.466. The minimum Gasteiger partial charge on any atom is -0.353 e. The van der Waals surface area contributed by atoms with Crippen molar-refractivity contribution in [3.8, 4) is 0 Å². The lowest BCUT2D eigenvalue weighted by Crippen LogP contribution is -2.33. The topological polar surface area (TPSA) is 104 Å². The zero-order valence-electron chi connectivity index (χ0n) is 16.4. The second-order valence-corrected chi connectivity index (χ2v) is 9.64. The van der Waals surface area contributed by atoms with Crippen LogP contribution in [-0.4, -0.2) is 46.3 Å². The molecule has 2 aliphatic rings. The quantitative estimate of drug-likeness (QED) is 0.502. The Hall–Kier alpha value is -2.46. The number of para-hydroxylation sites is 1. The van der Waals surface area contributed by atoms with Crippen LogP contribution in [0.4, 0.5) is 10.8 Å². The third-order valence-corrected chi connectivity index (χ3v) is 7.22. The minimum absolute atomic E-state index is 0.00171. The largest absolute Gasteiger partial charge is 0.353 e. The van der Waals surface area contributed by atoms with Crippen LogP contribution in [0, 0.1) is 5.92 Å². The van der Waals surface area contributed by atoms with E-state index in [9.17, 15) is 14.4 Å². The fourth-order valence-corrected chi connectivity index (χ4v) is 5.30. The third-order valence-electron chi connectivity index (χ3n) is 5.25. The number of rotatable bonds is 7. The van der Waals surface area contributed by atoms with Gasteiger partial charge < -0.3 is 15.5 Å². The Bertz CT molecular complexity index is 914. The van der Waals surface area contributed by atoms with E-state index in [0.29, 0.717) is 22.1 Å². The van der Waals surface area contributed by atoms with Gasteiger partial charge in [0.15, 0.2) is 4.34 Å². The Morgan fingerprint density at radius 3 is 2.70 bits per heavy atom.